The first-order valence-corrected chi connectivity index (χ1v) is 14.9. The summed E-state index contributed by atoms with van der Waals surface area (Å²) < 4.78 is 29.1. The average molecular weight is 564 g/mol. The van der Waals surface area contributed by atoms with Gasteiger partial charge in [-0.05, 0) is 95.8 Å². The minimum absolute atomic E-state index is 0.0967. The van der Waals surface area contributed by atoms with Gasteiger partial charge >= 0.3 is 0 Å². The lowest BCUT2D eigenvalue weighted by Gasteiger charge is -2.33. The third-order valence-corrected chi connectivity index (χ3v) is 8.32. The summed E-state index contributed by atoms with van der Waals surface area (Å²) in [4.78, 5) is 28.8. The van der Waals surface area contributed by atoms with Gasteiger partial charge in [-0.3, -0.25) is 13.9 Å². The monoisotopic (exact) mass is 563 g/mol. The lowest BCUT2D eigenvalue weighted by molar-refractivity contribution is -0.139. The van der Waals surface area contributed by atoms with Gasteiger partial charge in [0.2, 0.25) is 11.8 Å². The quantitative estimate of drug-likeness (QED) is 0.368. The van der Waals surface area contributed by atoms with Crippen LogP contribution in [0.4, 0.5) is 5.69 Å². The molecule has 0 aliphatic rings. The van der Waals surface area contributed by atoms with Crippen molar-refractivity contribution in [1.29, 1.82) is 0 Å². The summed E-state index contributed by atoms with van der Waals surface area (Å²) >= 11 is 0. The standard InChI is InChI=1S/C32H41N3O4S/c1-23-13-15-29(16-14-23)40(38,39)35(28-20-24(2)19-25(3)21-28)22-30(36)34(18-17-27-11-9-8-10-12-27)26(4)31(37)33-32(5,6)7/h8-16,19-21,26H,17-18,22H2,1-7H3,(H,33,37)/t26-/m0/s1. The first-order valence-electron chi connectivity index (χ1n) is 13.5. The van der Waals surface area contributed by atoms with E-state index in [4.69, 9.17) is 0 Å². The molecule has 2 amide bonds. The molecule has 40 heavy (non-hydrogen) atoms. The second kappa shape index (κ2) is 12.7. The number of hydrogen-bond donors (Lipinski definition) is 1. The molecule has 3 aromatic carbocycles. The molecule has 3 rings (SSSR count). The second-order valence-corrected chi connectivity index (χ2v) is 13.3. The highest BCUT2D eigenvalue weighted by molar-refractivity contribution is 7.92. The van der Waals surface area contributed by atoms with Crippen molar-refractivity contribution in [3.8, 4) is 0 Å². The molecule has 0 aliphatic heterocycles. The van der Waals surface area contributed by atoms with Crippen LogP contribution in [0.15, 0.2) is 77.7 Å². The van der Waals surface area contributed by atoms with Crippen molar-refractivity contribution >= 4 is 27.5 Å². The molecule has 1 atom stereocenters. The molecule has 8 heteroatoms. The maximum atomic E-state index is 14.0. The Kier molecular flexibility index (Phi) is 9.79. The van der Waals surface area contributed by atoms with Crippen molar-refractivity contribution in [2.45, 2.75) is 71.4 Å². The summed E-state index contributed by atoms with van der Waals surface area (Å²) in [6.45, 7) is 12.8. The molecule has 0 saturated carbocycles. The topological polar surface area (TPSA) is 86.8 Å². The van der Waals surface area contributed by atoms with E-state index in [1.807, 2.05) is 77.9 Å². The molecule has 7 nitrogen and oxygen atoms in total. The number of carbonyl (C=O) groups excluding carboxylic acids is 2. The first kappa shape index (κ1) is 30.9. The number of hydrogen-bond acceptors (Lipinski definition) is 4. The summed E-state index contributed by atoms with van der Waals surface area (Å²) in [5.74, 6) is -0.754. The van der Waals surface area contributed by atoms with Crippen molar-refractivity contribution in [1.82, 2.24) is 10.2 Å². The minimum Gasteiger partial charge on any atom is -0.350 e. The predicted octanol–water partition coefficient (Wildman–Crippen LogP) is 5.18. The first-order chi connectivity index (χ1) is 18.7. The fourth-order valence-corrected chi connectivity index (χ4v) is 5.90. The molecule has 0 unspecified atom stereocenters. The van der Waals surface area contributed by atoms with Gasteiger partial charge in [-0.1, -0.05) is 54.1 Å². The summed E-state index contributed by atoms with van der Waals surface area (Å²) in [5, 5.41) is 2.95. The van der Waals surface area contributed by atoms with Gasteiger partial charge in [-0.15, -0.1) is 0 Å². The van der Waals surface area contributed by atoms with E-state index in [1.54, 1.807) is 43.3 Å². The zero-order valence-electron chi connectivity index (χ0n) is 24.6. The number of nitrogens with zero attached hydrogens (tertiary/aromatic N) is 2. The molecule has 0 aliphatic carbocycles. The molecule has 0 heterocycles. The Labute approximate surface area is 239 Å². The largest absolute Gasteiger partial charge is 0.350 e. The van der Waals surface area contributed by atoms with Gasteiger partial charge < -0.3 is 10.2 Å². The summed E-state index contributed by atoms with van der Waals surface area (Å²) in [7, 11) is -4.09. The van der Waals surface area contributed by atoms with Gasteiger partial charge in [-0.2, -0.15) is 0 Å². The summed E-state index contributed by atoms with van der Waals surface area (Å²) in [5.41, 5.74) is 3.62. The van der Waals surface area contributed by atoms with Crippen LogP contribution in [0.2, 0.25) is 0 Å². The van der Waals surface area contributed by atoms with Gasteiger partial charge in [0.05, 0.1) is 10.6 Å². The van der Waals surface area contributed by atoms with Crippen molar-refractivity contribution in [2.24, 2.45) is 0 Å². The molecular weight excluding hydrogens is 522 g/mol. The van der Waals surface area contributed by atoms with Gasteiger partial charge in [-0.25, -0.2) is 8.42 Å². The van der Waals surface area contributed by atoms with Crippen LogP contribution in [-0.4, -0.2) is 49.8 Å². The highest BCUT2D eigenvalue weighted by Crippen LogP contribution is 2.27. The van der Waals surface area contributed by atoms with Crippen molar-refractivity contribution in [3.63, 3.8) is 0 Å². The zero-order chi connectivity index (χ0) is 29.7. The van der Waals surface area contributed by atoms with Gasteiger partial charge in [0.25, 0.3) is 10.0 Å². The predicted molar refractivity (Wildman–Crippen MR) is 161 cm³/mol. The third kappa shape index (κ3) is 8.18. The molecule has 0 fully saturated rings. The Morgan fingerprint density at radius 1 is 0.850 bits per heavy atom. The Morgan fingerprint density at radius 3 is 1.98 bits per heavy atom. The number of aryl methyl sites for hydroxylation is 3. The van der Waals surface area contributed by atoms with Crippen LogP contribution < -0.4 is 9.62 Å². The van der Waals surface area contributed by atoms with E-state index in [-0.39, 0.29) is 17.3 Å². The number of rotatable bonds is 10. The van der Waals surface area contributed by atoms with E-state index in [0.717, 1.165) is 26.6 Å². The Balaban J connectivity index is 2.02. The van der Waals surface area contributed by atoms with Crippen molar-refractivity contribution < 1.29 is 18.0 Å². The maximum absolute atomic E-state index is 14.0. The van der Waals surface area contributed by atoms with Crippen LogP contribution in [0.1, 0.15) is 49.9 Å². The van der Waals surface area contributed by atoms with Crippen LogP contribution in [0.25, 0.3) is 0 Å². The smallest absolute Gasteiger partial charge is 0.264 e. The molecular formula is C32H41N3O4S. The normalized spacial score (nSPS) is 12.5. The number of sulfonamides is 1. The number of nitrogens with one attached hydrogen (secondary N) is 1. The lowest BCUT2D eigenvalue weighted by atomic mass is 10.1. The number of carbonyl (C=O) groups is 2. The molecule has 0 spiro atoms. The van der Waals surface area contributed by atoms with Gasteiger partial charge in [0, 0.05) is 12.1 Å². The summed E-state index contributed by atoms with van der Waals surface area (Å²) in [6.07, 6.45) is 0.522. The molecule has 1 N–H and O–H groups in total. The van der Waals surface area contributed by atoms with Crippen LogP contribution >= 0.6 is 0 Å². The molecule has 214 valence electrons. The molecule has 3 aromatic rings. The third-order valence-electron chi connectivity index (χ3n) is 6.53. The maximum Gasteiger partial charge on any atom is 0.264 e. The molecule has 0 saturated heterocycles. The van der Waals surface area contributed by atoms with Crippen LogP contribution in [0, 0.1) is 20.8 Å². The summed E-state index contributed by atoms with van der Waals surface area (Å²) in [6, 6.07) is 20.9. The van der Waals surface area contributed by atoms with Crippen molar-refractivity contribution in [2.75, 3.05) is 17.4 Å². The Morgan fingerprint density at radius 2 is 1.43 bits per heavy atom. The van der Waals surface area contributed by atoms with Gasteiger partial charge in [0.15, 0.2) is 0 Å². The highest BCUT2D eigenvalue weighted by atomic mass is 32.2. The van der Waals surface area contributed by atoms with Crippen molar-refractivity contribution in [3.05, 3.63) is 95.1 Å². The van der Waals surface area contributed by atoms with E-state index in [0.29, 0.717) is 12.1 Å². The highest BCUT2D eigenvalue weighted by Gasteiger charge is 2.33. The van der Waals surface area contributed by atoms with E-state index < -0.39 is 34.1 Å². The SMILES string of the molecule is Cc1ccc(S(=O)(=O)N(CC(=O)N(CCc2ccccc2)[C@@H](C)C(=O)NC(C)(C)C)c2cc(C)cc(C)c2)cc1. The Hall–Kier alpha value is -3.65. The second-order valence-electron chi connectivity index (χ2n) is 11.4. The molecule has 0 bridgehead atoms. The molecule has 0 radical (unpaired) electrons. The van der Waals surface area contributed by atoms with Crippen LogP contribution in [0.3, 0.4) is 0 Å². The number of benzene rings is 3. The number of anilines is 1. The lowest BCUT2D eigenvalue weighted by Crippen LogP contribution is -2.55. The van der Waals surface area contributed by atoms with E-state index in [2.05, 4.69) is 5.32 Å². The van der Waals surface area contributed by atoms with E-state index in [1.165, 1.54) is 4.90 Å². The average Bonchev–Trinajstić information content (AvgIpc) is 2.86. The molecule has 0 aromatic heterocycles. The number of amides is 2. The Bertz CT molecular complexity index is 1410. The van der Waals surface area contributed by atoms with Crippen LogP contribution in [0.5, 0.6) is 0 Å². The van der Waals surface area contributed by atoms with Gasteiger partial charge in [0.1, 0.15) is 12.6 Å². The van der Waals surface area contributed by atoms with Crippen LogP contribution in [-0.2, 0) is 26.0 Å². The zero-order valence-corrected chi connectivity index (χ0v) is 25.4. The fraction of sp³-hybridized carbons (Fsp3) is 0.375. The van der Waals surface area contributed by atoms with E-state index in [9.17, 15) is 18.0 Å². The minimum atomic E-state index is -4.09. The fourth-order valence-electron chi connectivity index (χ4n) is 4.50. The van der Waals surface area contributed by atoms with E-state index >= 15 is 0 Å².